The first-order valence-corrected chi connectivity index (χ1v) is 18.0. The first-order chi connectivity index (χ1) is 24.7. The molecule has 14 nitrogen and oxygen atoms in total. The minimum atomic E-state index is -1.26. The molecule has 2 aliphatic heterocycles. The molecule has 0 bridgehead atoms. The minimum absolute atomic E-state index is 0.0390. The molecule has 1 unspecified atom stereocenters. The van der Waals surface area contributed by atoms with Gasteiger partial charge in [0.2, 0.25) is 0 Å². The van der Waals surface area contributed by atoms with Crippen LogP contribution in [0.2, 0.25) is 0 Å². The van der Waals surface area contributed by atoms with E-state index in [-0.39, 0.29) is 34.6 Å². The number of aromatic nitrogens is 3. The van der Waals surface area contributed by atoms with Crippen LogP contribution in [0.25, 0.3) is 0 Å². The smallest absolute Gasteiger partial charge is 0.328 e. The molecule has 2 aliphatic rings. The van der Waals surface area contributed by atoms with Crippen molar-refractivity contribution in [3.63, 3.8) is 0 Å². The molecule has 0 aliphatic carbocycles. The Hall–Kier alpha value is -4.21. The Kier molecular flexibility index (Phi) is 16.3. The lowest BCUT2D eigenvalue weighted by molar-refractivity contribution is -0.134. The van der Waals surface area contributed by atoms with E-state index >= 15 is 0 Å². The number of rotatable bonds is 18. The van der Waals surface area contributed by atoms with E-state index in [0.717, 1.165) is 58.7 Å². The van der Waals surface area contributed by atoms with Gasteiger partial charge in [0.1, 0.15) is 17.9 Å². The van der Waals surface area contributed by atoms with Gasteiger partial charge in [-0.25, -0.2) is 19.0 Å². The summed E-state index contributed by atoms with van der Waals surface area (Å²) in [6.07, 6.45) is 7.07. The van der Waals surface area contributed by atoms with E-state index in [4.69, 9.17) is 19.7 Å². The fourth-order valence-electron chi connectivity index (χ4n) is 6.97. The summed E-state index contributed by atoms with van der Waals surface area (Å²) in [5.74, 6) is -1.63. The van der Waals surface area contributed by atoms with Crippen LogP contribution in [0.5, 0.6) is 11.6 Å². The number of carboxylic acid groups (broad SMARTS) is 2. The summed E-state index contributed by atoms with van der Waals surface area (Å²) >= 11 is 0. The number of amides is 1. The van der Waals surface area contributed by atoms with Crippen molar-refractivity contribution in [2.75, 3.05) is 71.5 Å². The number of likely N-dealkylation sites (tertiary alicyclic amines) is 1. The summed E-state index contributed by atoms with van der Waals surface area (Å²) in [4.78, 5) is 46.0. The number of carboxylic acids is 2. The first-order valence-electron chi connectivity index (χ1n) is 18.0. The largest absolute Gasteiger partial charge is 0.478 e. The van der Waals surface area contributed by atoms with Crippen molar-refractivity contribution in [2.24, 2.45) is 11.3 Å². The van der Waals surface area contributed by atoms with Gasteiger partial charge in [0.25, 0.3) is 11.8 Å². The molecule has 2 fully saturated rings. The SMILES string of the molecule is CCN(C(=O)c1cc(F)ccc1Oc1nncnc1N1CCC2(C1)CN(C(CCCN(C)CCCOC)C(C)C)C2)C(C)C.O=C(O)/C=C/C(=O)O. The summed E-state index contributed by atoms with van der Waals surface area (Å²) in [6, 6.07) is 4.53. The van der Waals surface area contributed by atoms with Gasteiger partial charge in [-0.2, -0.15) is 0 Å². The summed E-state index contributed by atoms with van der Waals surface area (Å²) in [7, 11) is 3.96. The van der Waals surface area contributed by atoms with Crippen LogP contribution >= 0.6 is 0 Å². The molecule has 2 saturated heterocycles. The van der Waals surface area contributed by atoms with Gasteiger partial charge in [-0.1, -0.05) is 13.8 Å². The fourth-order valence-corrected chi connectivity index (χ4v) is 6.97. The lowest BCUT2D eigenvalue weighted by atomic mass is 9.76. The van der Waals surface area contributed by atoms with Crippen molar-refractivity contribution in [2.45, 2.75) is 72.4 Å². The first kappa shape index (κ1) is 42.2. The second-order valence-electron chi connectivity index (χ2n) is 14.2. The number of carbonyl (C=O) groups excluding carboxylic acids is 1. The number of aliphatic carboxylic acids is 2. The fraction of sp³-hybridized carbons (Fsp3) is 0.622. The summed E-state index contributed by atoms with van der Waals surface area (Å²) in [5.41, 5.74) is 0.368. The normalized spacial score (nSPS) is 15.9. The van der Waals surface area contributed by atoms with Crippen LogP contribution in [0.3, 0.4) is 0 Å². The van der Waals surface area contributed by atoms with Crippen molar-refractivity contribution in [1.29, 1.82) is 0 Å². The Labute approximate surface area is 306 Å². The molecular weight excluding hydrogens is 673 g/mol. The number of anilines is 1. The Bertz CT molecular complexity index is 1490. The maximum Gasteiger partial charge on any atom is 0.328 e. The molecule has 1 aromatic heterocycles. The van der Waals surface area contributed by atoms with Gasteiger partial charge in [-0.15, -0.1) is 10.2 Å². The van der Waals surface area contributed by atoms with Crippen molar-refractivity contribution >= 4 is 23.7 Å². The quantitative estimate of drug-likeness (QED) is 0.161. The van der Waals surface area contributed by atoms with Crippen LogP contribution in [0.15, 0.2) is 36.7 Å². The number of nitrogens with zero attached hydrogens (tertiary/aromatic N) is 7. The number of methoxy groups -OCH3 is 1. The number of carbonyl (C=O) groups is 3. The molecule has 52 heavy (non-hydrogen) atoms. The molecule has 0 radical (unpaired) electrons. The lowest BCUT2D eigenvalue weighted by Gasteiger charge is -2.53. The predicted molar refractivity (Wildman–Crippen MR) is 195 cm³/mol. The third-order valence-corrected chi connectivity index (χ3v) is 9.52. The number of ether oxygens (including phenoxy) is 2. The lowest BCUT2D eigenvalue weighted by Crippen LogP contribution is -2.62. The van der Waals surface area contributed by atoms with Crippen molar-refractivity contribution < 1.29 is 38.5 Å². The molecule has 1 atom stereocenters. The van der Waals surface area contributed by atoms with E-state index in [1.807, 2.05) is 20.8 Å². The Morgan fingerprint density at radius 2 is 1.73 bits per heavy atom. The highest BCUT2D eigenvalue weighted by Gasteiger charge is 2.50. The highest BCUT2D eigenvalue weighted by Crippen LogP contribution is 2.44. The predicted octanol–water partition coefficient (Wildman–Crippen LogP) is 4.67. The Morgan fingerprint density at radius 3 is 2.33 bits per heavy atom. The molecule has 2 aromatic rings. The van der Waals surface area contributed by atoms with Gasteiger partial charge in [-0.3, -0.25) is 9.69 Å². The second-order valence-corrected chi connectivity index (χ2v) is 14.2. The Morgan fingerprint density at radius 1 is 1.06 bits per heavy atom. The minimum Gasteiger partial charge on any atom is -0.478 e. The van der Waals surface area contributed by atoms with Gasteiger partial charge >= 0.3 is 11.9 Å². The third-order valence-electron chi connectivity index (χ3n) is 9.52. The maximum absolute atomic E-state index is 14.3. The highest BCUT2D eigenvalue weighted by atomic mass is 19.1. The third kappa shape index (κ3) is 12.2. The zero-order chi connectivity index (χ0) is 38.4. The summed E-state index contributed by atoms with van der Waals surface area (Å²) in [5, 5.41) is 23.9. The van der Waals surface area contributed by atoms with Gasteiger partial charge in [0, 0.05) is 82.6 Å². The number of hydrogen-bond donors (Lipinski definition) is 2. The molecule has 0 saturated carbocycles. The van der Waals surface area contributed by atoms with Gasteiger partial charge in [0.15, 0.2) is 5.82 Å². The average Bonchev–Trinajstić information content (AvgIpc) is 3.52. The van der Waals surface area contributed by atoms with E-state index in [2.05, 4.69) is 50.8 Å². The van der Waals surface area contributed by atoms with Crippen molar-refractivity contribution in [3.05, 3.63) is 48.1 Å². The van der Waals surface area contributed by atoms with E-state index in [1.54, 1.807) is 12.0 Å². The monoisotopic (exact) mass is 729 g/mol. The van der Waals surface area contributed by atoms with Crippen LogP contribution in [-0.4, -0.2) is 137 Å². The molecule has 2 N–H and O–H groups in total. The molecule has 3 heterocycles. The van der Waals surface area contributed by atoms with Crippen molar-refractivity contribution in [3.8, 4) is 11.6 Å². The molecular formula is C37H56FN7O7. The number of hydrogen-bond acceptors (Lipinski definition) is 11. The second kappa shape index (κ2) is 20.1. The average molecular weight is 730 g/mol. The number of halogens is 1. The van der Waals surface area contributed by atoms with E-state index in [9.17, 15) is 18.8 Å². The molecule has 1 spiro atoms. The topological polar surface area (TPSA) is 162 Å². The molecule has 1 amide bonds. The van der Waals surface area contributed by atoms with E-state index in [1.165, 1.54) is 37.4 Å². The highest BCUT2D eigenvalue weighted by molar-refractivity contribution is 5.97. The van der Waals surface area contributed by atoms with E-state index < -0.39 is 17.8 Å². The molecule has 288 valence electrons. The van der Waals surface area contributed by atoms with Gasteiger partial charge < -0.3 is 34.4 Å². The molecule has 4 rings (SSSR count). The molecule has 1 aromatic carbocycles. The van der Waals surface area contributed by atoms with E-state index in [0.29, 0.717) is 36.5 Å². The van der Waals surface area contributed by atoms with Crippen LogP contribution in [0.4, 0.5) is 10.2 Å². The Balaban J connectivity index is 0.000000815. The number of benzene rings is 1. The van der Waals surface area contributed by atoms with Crippen molar-refractivity contribution in [1.82, 2.24) is 29.9 Å². The van der Waals surface area contributed by atoms with Gasteiger partial charge in [0.05, 0.1) is 5.56 Å². The van der Waals surface area contributed by atoms with Crippen LogP contribution in [-0.2, 0) is 14.3 Å². The van der Waals surface area contributed by atoms with Crippen LogP contribution in [0.1, 0.15) is 70.7 Å². The zero-order valence-corrected chi connectivity index (χ0v) is 31.6. The standard InChI is InChI=1S/C33H52FN7O3.C4H4O4/c1-8-41(25(4)5)32(42)27-19-26(34)12-13-29(27)44-31-30(35-23-36-37-31)39-17-14-33(20-39)21-40(22-33)28(24(2)3)11-9-15-38(6)16-10-18-43-7;5-3(6)1-2-4(7)8/h12-13,19,23-25,28H,8-11,14-18,20-22H2,1-7H3;1-2H,(H,5,6)(H,7,8)/b;2-1+. The maximum atomic E-state index is 14.3. The van der Waals surface area contributed by atoms with Crippen LogP contribution < -0.4 is 9.64 Å². The van der Waals surface area contributed by atoms with Gasteiger partial charge in [-0.05, 0) is 84.2 Å². The zero-order valence-electron chi connectivity index (χ0n) is 31.6. The van der Waals surface area contributed by atoms with Crippen LogP contribution in [0, 0.1) is 17.2 Å². The summed E-state index contributed by atoms with van der Waals surface area (Å²) in [6.45, 7) is 17.8. The molecule has 15 heteroatoms. The summed E-state index contributed by atoms with van der Waals surface area (Å²) < 4.78 is 25.7.